The van der Waals surface area contributed by atoms with Gasteiger partial charge in [0.1, 0.15) is 5.02 Å². The maximum absolute atomic E-state index is 12.0. The quantitative estimate of drug-likeness (QED) is 0.882. The molecular formula is C15H17ClN4O. The molecule has 21 heavy (non-hydrogen) atoms. The minimum atomic E-state index is 0.125. The van der Waals surface area contributed by atoms with Crippen LogP contribution in [0.5, 0.6) is 0 Å². The molecule has 1 N–H and O–H groups in total. The number of fused-ring (bicyclic) bond motifs is 1. The first-order chi connectivity index (χ1) is 10.2. The largest absolute Gasteiger partial charge is 0.356 e. The van der Waals surface area contributed by atoms with Gasteiger partial charge in [-0.15, -0.1) is 0 Å². The second-order valence-corrected chi connectivity index (χ2v) is 5.65. The molecule has 2 aromatic heterocycles. The average molecular weight is 305 g/mol. The number of amides is 1. The van der Waals surface area contributed by atoms with Gasteiger partial charge in [-0.1, -0.05) is 23.8 Å². The van der Waals surface area contributed by atoms with Gasteiger partial charge in [0.25, 0.3) is 0 Å². The standard InChI is InChI=1S/C15H17ClN4O/c16-13-9-19-20-10-11(8-18-14(13)20)6-7-17-15(21)12-4-2-1-3-5-12/h1-2,8-10,12H,3-7H2,(H,17,21). The third-order valence-corrected chi connectivity index (χ3v) is 3.99. The molecule has 0 aromatic carbocycles. The molecule has 0 aliphatic heterocycles. The van der Waals surface area contributed by atoms with Crippen molar-refractivity contribution >= 4 is 23.2 Å². The zero-order valence-corrected chi connectivity index (χ0v) is 12.4. The van der Waals surface area contributed by atoms with Crippen LogP contribution in [0, 0.1) is 5.92 Å². The lowest BCUT2D eigenvalue weighted by Gasteiger charge is -2.17. The minimum absolute atomic E-state index is 0.125. The fraction of sp³-hybridized carbons (Fsp3) is 0.400. The van der Waals surface area contributed by atoms with Crippen LogP contribution in [0.25, 0.3) is 5.65 Å². The predicted molar refractivity (Wildman–Crippen MR) is 81.2 cm³/mol. The third kappa shape index (κ3) is 3.24. The molecule has 1 aliphatic rings. The lowest BCUT2D eigenvalue weighted by atomic mass is 9.94. The lowest BCUT2D eigenvalue weighted by molar-refractivity contribution is -0.125. The van der Waals surface area contributed by atoms with E-state index in [0.717, 1.165) is 31.2 Å². The molecule has 2 aromatic rings. The highest BCUT2D eigenvalue weighted by molar-refractivity contribution is 6.33. The Kier molecular flexibility index (Phi) is 4.20. The van der Waals surface area contributed by atoms with Crippen molar-refractivity contribution < 1.29 is 4.79 Å². The fourth-order valence-corrected chi connectivity index (χ4v) is 2.70. The summed E-state index contributed by atoms with van der Waals surface area (Å²) >= 11 is 5.95. The van der Waals surface area contributed by atoms with E-state index in [9.17, 15) is 4.79 Å². The van der Waals surface area contributed by atoms with E-state index in [4.69, 9.17) is 11.6 Å². The number of nitrogens with zero attached hydrogens (tertiary/aromatic N) is 3. The zero-order chi connectivity index (χ0) is 14.7. The molecule has 1 amide bonds. The number of hydrogen-bond acceptors (Lipinski definition) is 3. The topological polar surface area (TPSA) is 59.3 Å². The maximum Gasteiger partial charge on any atom is 0.223 e. The first-order valence-corrected chi connectivity index (χ1v) is 7.52. The van der Waals surface area contributed by atoms with E-state index in [-0.39, 0.29) is 11.8 Å². The van der Waals surface area contributed by atoms with Crippen molar-refractivity contribution in [2.24, 2.45) is 5.92 Å². The molecule has 6 heteroatoms. The van der Waals surface area contributed by atoms with Crippen LogP contribution in [0.4, 0.5) is 0 Å². The van der Waals surface area contributed by atoms with Crippen LogP contribution < -0.4 is 5.32 Å². The predicted octanol–water partition coefficient (Wildman–Crippen LogP) is 2.40. The van der Waals surface area contributed by atoms with Crippen molar-refractivity contribution in [1.82, 2.24) is 19.9 Å². The normalized spacial score (nSPS) is 18.0. The summed E-state index contributed by atoms with van der Waals surface area (Å²) in [4.78, 5) is 16.3. The SMILES string of the molecule is O=C(NCCc1cnc2c(Cl)cnn2c1)C1CC=CCC1. The fourth-order valence-electron chi connectivity index (χ4n) is 2.52. The van der Waals surface area contributed by atoms with E-state index in [2.05, 4.69) is 27.6 Å². The Morgan fingerprint density at radius 1 is 1.43 bits per heavy atom. The van der Waals surface area contributed by atoms with Crippen LogP contribution >= 0.6 is 11.6 Å². The second-order valence-electron chi connectivity index (χ2n) is 5.25. The molecule has 0 saturated heterocycles. The van der Waals surface area contributed by atoms with Gasteiger partial charge in [0.05, 0.1) is 6.20 Å². The molecule has 0 bridgehead atoms. The number of aromatic nitrogens is 3. The Bertz CT molecular complexity index is 679. The summed E-state index contributed by atoms with van der Waals surface area (Å²) in [6, 6.07) is 0. The monoisotopic (exact) mass is 304 g/mol. The number of rotatable bonds is 4. The van der Waals surface area contributed by atoms with Crippen molar-refractivity contribution in [1.29, 1.82) is 0 Å². The number of allylic oxidation sites excluding steroid dienone is 2. The Labute approximate surface area is 128 Å². The van der Waals surface area contributed by atoms with Crippen molar-refractivity contribution in [3.05, 3.63) is 41.3 Å². The van der Waals surface area contributed by atoms with Gasteiger partial charge in [0, 0.05) is 24.9 Å². The Balaban J connectivity index is 1.54. The van der Waals surface area contributed by atoms with Crippen LogP contribution in [0.1, 0.15) is 24.8 Å². The van der Waals surface area contributed by atoms with Crippen molar-refractivity contribution in [2.75, 3.05) is 6.54 Å². The van der Waals surface area contributed by atoms with Gasteiger partial charge in [-0.05, 0) is 31.2 Å². The number of nitrogens with one attached hydrogen (secondary N) is 1. The number of carbonyl (C=O) groups excluding carboxylic acids is 1. The average Bonchev–Trinajstić information content (AvgIpc) is 2.89. The highest BCUT2D eigenvalue weighted by Crippen LogP contribution is 2.18. The van der Waals surface area contributed by atoms with Gasteiger partial charge in [-0.25, -0.2) is 9.50 Å². The van der Waals surface area contributed by atoms with Crippen LogP contribution in [0.3, 0.4) is 0 Å². The van der Waals surface area contributed by atoms with Crippen LogP contribution in [-0.4, -0.2) is 27.0 Å². The van der Waals surface area contributed by atoms with Gasteiger partial charge in [0.15, 0.2) is 5.65 Å². The van der Waals surface area contributed by atoms with Crippen molar-refractivity contribution in [3.63, 3.8) is 0 Å². The van der Waals surface area contributed by atoms with Gasteiger partial charge >= 0.3 is 0 Å². The second kappa shape index (κ2) is 6.26. The first-order valence-electron chi connectivity index (χ1n) is 7.14. The Morgan fingerprint density at radius 3 is 3.14 bits per heavy atom. The lowest BCUT2D eigenvalue weighted by Crippen LogP contribution is -2.32. The van der Waals surface area contributed by atoms with E-state index in [1.807, 2.05) is 6.20 Å². The van der Waals surface area contributed by atoms with E-state index in [1.54, 1.807) is 16.9 Å². The van der Waals surface area contributed by atoms with Crippen LogP contribution in [-0.2, 0) is 11.2 Å². The summed E-state index contributed by atoms with van der Waals surface area (Å²) in [5, 5.41) is 7.66. The molecule has 3 rings (SSSR count). The van der Waals surface area contributed by atoms with Gasteiger partial charge in [-0.3, -0.25) is 4.79 Å². The van der Waals surface area contributed by atoms with Crippen molar-refractivity contribution in [3.8, 4) is 0 Å². The Hall–Kier alpha value is -1.88. The number of halogens is 1. The molecule has 1 atom stereocenters. The molecule has 0 saturated carbocycles. The molecule has 0 fully saturated rings. The van der Waals surface area contributed by atoms with E-state index in [1.165, 1.54) is 0 Å². The van der Waals surface area contributed by atoms with E-state index < -0.39 is 0 Å². The van der Waals surface area contributed by atoms with E-state index >= 15 is 0 Å². The minimum Gasteiger partial charge on any atom is -0.356 e. The summed E-state index contributed by atoms with van der Waals surface area (Å²) < 4.78 is 1.66. The molecule has 1 unspecified atom stereocenters. The molecule has 1 aliphatic carbocycles. The molecular weight excluding hydrogens is 288 g/mol. The van der Waals surface area contributed by atoms with Crippen LogP contribution in [0.2, 0.25) is 5.02 Å². The summed E-state index contributed by atoms with van der Waals surface area (Å²) in [6.45, 7) is 0.612. The van der Waals surface area contributed by atoms with Gasteiger partial charge in [-0.2, -0.15) is 5.10 Å². The number of carbonyl (C=O) groups is 1. The number of hydrogen-bond donors (Lipinski definition) is 1. The summed E-state index contributed by atoms with van der Waals surface area (Å²) in [6.07, 6.45) is 13.0. The highest BCUT2D eigenvalue weighted by atomic mass is 35.5. The van der Waals surface area contributed by atoms with E-state index in [0.29, 0.717) is 17.2 Å². The Morgan fingerprint density at radius 2 is 2.33 bits per heavy atom. The van der Waals surface area contributed by atoms with Crippen LogP contribution in [0.15, 0.2) is 30.7 Å². The molecule has 5 nitrogen and oxygen atoms in total. The maximum atomic E-state index is 12.0. The third-order valence-electron chi connectivity index (χ3n) is 3.72. The molecule has 110 valence electrons. The zero-order valence-electron chi connectivity index (χ0n) is 11.6. The smallest absolute Gasteiger partial charge is 0.223 e. The molecule has 0 spiro atoms. The molecule has 2 heterocycles. The first kappa shape index (κ1) is 14.1. The van der Waals surface area contributed by atoms with Gasteiger partial charge in [0.2, 0.25) is 5.91 Å². The van der Waals surface area contributed by atoms with Crippen molar-refractivity contribution in [2.45, 2.75) is 25.7 Å². The summed E-state index contributed by atoms with van der Waals surface area (Å²) in [5.41, 5.74) is 1.67. The summed E-state index contributed by atoms with van der Waals surface area (Å²) in [5.74, 6) is 0.274. The summed E-state index contributed by atoms with van der Waals surface area (Å²) in [7, 11) is 0. The highest BCUT2D eigenvalue weighted by Gasteiger charge is 2.17. The molecule has 0 radical (unpaired) electrons. The van der Waals surface area contributed by atoms with Gasteiger partial charge < -0.3 is 5.32 Å².